The summed E-state index contributed by atoms with van der Waals surface area (Å²) in [5.74, 6) is 0.390. The first-order valence-corrected chi connectivity index (χ1v) is 6.01. The van der Waals surface area contributed by atoms with E-state index in [2.05, 4.69) is 27.2 Å². The van der Waals surface area contributed by atoms with E-state index in [0.29, 0.717) is 22.9 Å². The third-order valence-corrected chi connectivity index (χ3v) is 3.02. The van der Waals surface area contributed by atoms with E-state index in [0.717, 1.165) is 0 Å². The van der Waals surface area contributed by atoms with Gasteiger partial charge in [-0.05, 0) is 12.1 Å². The number of nitrogens with one attached hydrogen (secondary N) is 2. The quantitative estimate of drug-likeness (QED) is 0.743. The summed E-state index contributed by atoms with van der Waals surface area (Å²) in [6.45, 7) is 3.62. The molecule has 0 unspecified atom stereocenters. The van der Waals surface area contributed by atoms with Crippen LogP contribution in [0.2, 0.25) is 0 Å². The van der Waals surface area contributed by atoms with Crippen LogP contribution in [-0.2, 0) is 4.79 Å². The lowest BCUT2D eigenvalue weighted by molar-refractivity contribution is -0.119. The summed E-state index contributed by atoms with van der Waals surface area (Å²) >= 11 is 0. The third kappa shape index (κ3) is 2.13. The Balaban J connectivity index is 2.17. The van der Waals surface area contributed by atoms with E-state index in [-0.39, 0.29) is 29.3 Å². The van der Waals surface area contributed by atoms with Crippen LogP contribution in [0.15, 0.2) is 34.5 Å². The van der Waals surface area contributed by atoms with Gasteiger partial charge < -0.3 is 10.6 Å². The standard InChI is InChI=1S/C14H8N6O/c1-7-17-13(21)4-12-14(18-7)20-11-3-9(6-16)8(5-15)2-10(11)19-12/h2-3H,1,4H2,(H,17,21)(H,18,20). The van der Waals surface area contributed by atoms with Crippen molar-refractivity contribution in [1.82, 2.24) is 5.32 Å². The van der Waals surface area contributed by atoms with E-state index in [4.69, 9.17) is 10.5 Å². The molecule has 0 aromatic heterocycles. The van der Waals surface area contributed by atoms with Crippen molar-refractivity contribution < 1.29 is 4.79 Å². The molecule has 21 heavy (non-hydrogen) atoms. The number of fused-ring (bicyclic) bond motifs is 2. The first-order valence-electron chi connectivity index (χ1n) is 6.01. The fraction of sp³-hybridized carbons (Fsp3) is 0.0714. The van der Waals surface area contributed by atoms with Crippen molar-refractivity contribution in [2.45, 2.75) is 6.42 Å². The summed E-state index contributed by atoms with van der Waals surface area (Å²) in [7, 11) is 0. The molecular formula is C14H8N6O. The molecule has 7 heteroatoms. The number of nitrogens with zero attached hydrogens (tertiary/aromatic N) is 4. The highest BCUT2D eigenvalue weighted by Crippen LogP contribution is 2.32. The van der Waals surface area contributed by atoms with E-state index < -0.39 is 0 Å². The number of amides is 1. The van der Waals surface area contributed by atoms with Crippen LogP contribution < -0.4 is 10.6 Å². The Morgan fingerprint density at radius 2 is 1.86 bits per heavy atom. The minimum absolute atomic E-state index is 0.0617. The highest BCUT2D eigenvalue weighted by atomic mass is 16.1. The van der Waals surface area contributed by atoms with Crippen molar-refractivity contribution in [2.24, 2.45) is 9.98 Å². The van der Waals surface area contributed by atoms with Crippen LogP contribution in [0.3, 0.4) is 0 Å². The summed E-state index contributed by atoms with van der Waals surface area (Å²) < 4.78 is 0. The van der Waals surface area contributed by atoms with Crippen LogP contribution in [-0.4, -0.2) is 17.5 Å². The van der Waals surface area contributed by atoms with Gasteiger partial charge in [0.2, 0.25) is 5.91 Å². The number of carbonyl (C=O) groups is 1. The Labute approximate surface area is 119 Å². The van der Waals surface area contributed by atoms with Crippen LogP contribution in [0.1, 0.15) is 17.5 Å². The topological polar surface area (TPSA) is 113 Å². The maximum Gasteiger partial charge on any atom is 0.231 e. The van der Waals surface area contributed by atoms with Gasteiger partial charge >= 0.3 is 0 Å². The first-order chi connectivity index (χ1) is 10.1. The van der Waals surface area contributed by atoms with Crippen LogP contribution in [0.5, 0.6) is 0 Å². The van der Waals surface area contributed by atoms with Crippen molar-refractivity contribution in [2.75, 3.05) is 5.32 Å². The molecule has 1 amide bonds. The number of hydrogen-bond acceptors (Lipinski definition) is 6. The highest BCUT2D eigenvalue weighted by Gasteiger charge is 2.24. The monoisotopic (exact) mass is 276 g/mol. The Hall–Kier alpha value is -3.45. The van der Waals surface area contributed by atoms with Gasteiger partial charge in [-0.15, -0.1) is 0 Å². The van der Waals surface area contributed by atoms with Crippen LogP contribution in [0, 0.1) is 22.7 Å². The largest absolute Gasteiger partial charge is 0.337 e. The minimum Gasteiger partial charge on any atom is -0.337 e. The van der Waals surface area contributed by atoms with E-state index in [1.54, 1.807) is 6.07 Å². The number of hydrogen-bond donors (Lipinski definition) is 2. The average Bonchev–Trinajstić information content (AvgIpc) is 2.59. The second kappa shape index (κ2) is 4.58. The molecule has 1 aromatic rings. The molecule has 1 aromatic carbocycles. The van der Waals surface area contributed by atoms with Crippen molar-refractivity contribution in [3.63, 3.8) is 0 Å². The first kappa shape index (κ1) is 12.6. The average molecular weight is 276 g/mol. The normalized spacial score (nSPS) is 15.9. The Morgan fingerprint density at radius 3 is 2.57 bits per heavy atom. The summed E-state index contributed by atoms with van der Waals surface area (Å²) in [5, 5.41) is 23.6. The van der Waals surface area contributed by atoms with E-state index >= 15 is 0 Å². The van der Waals surface area contributed by atoms with Gasteiger partial charge in [0.25, 0.3) is 0 Å². The second-order valence-corrected chi connectivity index (χ2v) is 4.45. The third-order valence-electron chi connectivity index (χ3n) is 3.02. The zero-order valence-electron chi connectivity index (χ0n) is 10.8. The molecule has 2 aliphatic rings. The van der Waals surface area contributed by atoms with Gasteiger partial charge in [0, 0.05) is 0 Å². The molecule has 100 valence electrons. The number of aliphatic imine (C=N–C) groups is 2. The zero-order chi connectivity index (χ0) is 15.0. The molecule has 0 saturated carbocycles. The molecule has 0 atom stereocenters. The smallest absolute Gasteiger partial charge is 0.231 e. The lowest BCUT2D eigenvalue weighted by Crippen LogP contribution is -2.28. The van der Waals surface area contributed by atoms with Gasteiger partial charge in [-0.3, -0.25) is 4.79 Å². The number of nitriles is 2. The minimum atomic E-state index is -0.253. The molecule has 0 fully saturated rings. The maximum atomic E-state index is 11.6. The van der Waals surface area contributed by atoms with Gasteiger partial charge in [0.15, 0.2) is 5.84 Å². The van der Waals surface area contributed by atoms with Crippen molar-refractivity contribution in [3.8, 4) is 12.1 Å². The zero-order valence-corrected chi connectivity index (χ0v) is 10.8. The van der Waals surface area contributed by atoms with Gasteiger partial charge in [-0.25, -0.2) is 9.98 Å². The number of rotatable bonds is 0. The van der Waals surface area contributed by atoms with Crippen molar-refractivity contribution in [1.29, 1.82) is 10.5 Å². The van der Waals surface area contributed by atoms with Gasteiger partial charge in [0.1, 0.15) is 18.0 Å². The molecular weight excluding hydrogens is 268 g/mol. The molecule has 0 bridgehead atoms. The number of benzene rings is 1. The van der Waals surface area contributed by atoms with Gasteiger partial charge in [-0.2, -0.15) is 10.5 Å². The molecule has 0 spiro atoms. The van der Waals surface area contributed by atoms with Crippen LogP contribution in [0.25, 0.3) is 0 Å². The Bertz CT molecular complexity index is 834. The lowest BCUT2D eigenvalue weighted by Gasteiger charge is -2.18. The molecule has 2 heterocycles. The summed E-state index contributed by atoms with van der Waals surface area (Å²) in [6.07, 6.45) is 0.0617. The number of carbonyl (C=O) groups excluding carboxylic acids is 1. The summed E-state index contributed by atoms with van der Waals surface area (Å²) in [6, 6.07) is 6.97. The van der Waals surface area contributed by atoms with Gasteiger partial charge in [-0.1, -0.05) is 6.58 Å². The predicted octanol–water partition coefficient (Wildman–Crippen LogP) is 1.32. The molecule has 0 aliphatic carbocycles. The van der Waals surface area contributed by atoms with Crippen molar-refractivity contribution >= 4 is 28.8 Å². The van der Waals surface area contributed by atoms with Crippen molar-refractivity contribution in [3.05, 3.63) is 35.7 Å². The number of amidine groups is 1. The predicted molar refractivity (Wildman–Crippen MR) is 75.9 cm³/mol. The number of anilines is 1. The molecule has 0 radical (unpaired) electrons. The van der Waals surface area contributed by atoms with Crippen LogP contribution >= 0.6 is 0 Å². The van der Waals surface area contributed by atoms with E-state index in [1.165, 1.54) is 6.07 Å². The molecule has 3 rings (SSSR count). The maximum absolute atomic E-state index is 11.6. The van der Waals surface area contributed by atoms with E-state index in [1.807, 2.05) is 12.1 Å². The van der Waals surface area contributed by atoms with Crippen LogP contribution in [0.4, 0.5) is 11.4 Å². The summed E-state index contributed by atoms with van der Waals surface area (Å²) in [4.78, 5) is 20.1. The second-order valence-electron chi connectivity index (χ2n) is 4.45. The Morgan fingerprint density at radius 1 is 1.14 bits per heavy atom. The van der Waals surface area contributed by atoms with Gasteiger partial charge in [0.05, 0.1) is 34.6 Å². The fourth-order valence-electron chi connectivity index (χ4n) is 2.10. The molecule has 2 aliphatic heterocycles. The SMILES string of the molecule is C=C1N=C2Nc3cc(C#N)c(C#N)cc3N=C2CC(=O)N1. The summed E-state index contributed by atoms with van der Waals surface area (Å²) in [5.41, 5.74) is 2.03. The highest BCUT2D eigenvalue weighted by molar-refractivity contribution is 6.50. The molecule has 7 nitrogen and oxygen atoms in total. The molecule has 0 saturated heterocycles. The fourth-order valence-corrected chi connectivity index (χ4v) is 2.10. The van der Waals surface area contributed by atoms with E-state index in [9.17, 15) is 4.79 Å². The molecule has 2 N–H and O–H groups in total. The Kier molecular flexibility index (Phi) is 2.74. The lowest BCUT2D eigenvalue weighted by atomic mass is 10.0.